The summed E-state index contributed by atoms with van der Waals surface area (Å²) in [6, 6.07) is 10.4. The van der Waals surface area contributed by atoms with Crippen molar-refractivity contribution in [2.24, 2.45) is 4.99 Å². The van der Waals surface area contributed by atoms with Gasteiger partial charge < -0.3 is 20.5 Å². The molecule has 0 aliphatic carbocycles. The number of fused-ring (bicyclic) bond motifs is 3. The first-order valence-electron chi connectivity index (χ1n) is 9.46. The lowest BCUT2D eigenvalue weighted by atomic mass is 9.99. The molecule has 3 heterocycles. The van der Waals surface area contributed by atoms with Gasteiger partial charge in [0.25, 0.3) is 0 Å². The van der Waals surface area contributed by atoms with Crippen molar-refractivity contribution in [3.63, 3.8) is 0 Å². The van der Waals surface area contributed by atoms with Gasteiger partial charge in [0.05, 0.1) is 12.5 Å². The summed E-state index contributed by atoms with van der Waals surface area (Å²) in [7, 11) is 3.69. The van der Waals surface area contributed by atoms with Crippen LogP contribution in [0.4, 0.5) is 5.82 Å². The van der Waals surface area contributed by atoms with Crippen molar-refractivity contribution in [2.75, 3.05) is 27.3 Å². The second-order valence-electron chi connectivity index (χ2n) is 7.11. The van der Waals surface area contributed by atoms with Crippen molar-refractivity contribution in [3.05, 3.63) is 53.2 Å². The predicted molar refractivity (Wildman–Crippen MR) is 109 cm³/mol. The van der Waals surface area contributed by atoms with Crippen LogP contribution < -0.4 is 10.7 Å². The molecular formula is C21H25N5O2. The van der Waals surface area contributed by atoms with Gasteiger partial charge >= 0.3 is 0 Å². The maximum atomic E-state index is 12.1. The van der Waals surface area contributed by atoms with Crippen LogP contribution >= 0.6 is 0 Å². The van der Waals surface area contributed by atoms with E-state index in [1.165, 1.54) is 0 Å². The standard InChI is InChI=1S/C21H25N5O2/c1-26-20-16(13-24-26)12-23-21-17(20)11-18(25-21)15-6-3-5-14(9-15)10-19(27)22-7-4-8-28-2/h3,5-6,9,11-13,20,24-25H,4,7-8,10H2,1-2H3,(H,22,27). The Labute approximate surface area is 164 Å². The number of likely N-dealkylation sites (N-methyl/N-ethyl adjacent to an activating group) is 1. The number of benzene rings is 1. The lowest BCUT2D eigenvalue weighted by molar-refractivity contribution is -0.120. The average Bonchev–Trinajstić information content (AvgIpc) is 3.29. The molecular weight excluding hydrogens is 354 g/mol. The number of hydrogen-bond donors (Lipinski definition) is 3. The highest BCUT2D eigenvalue weighted by atomic mass is 16.5. The molecule has 2 aromatic rings. The van der Waals surface area contributed by atoms with Gasteiger partial charge in [0.2, 0.25) is 5.91 Å². The molecule has 28 heavy (non-hydrogen) atoms. The molecule has 7 heteroatoms. The van der Waals surface area contributed by atoms with Crippen LogP contribution in [0.3, 0.4) is 0 Å². The largest absolute Gasteiger partial charge is 0.385 e. The number of carbonyl (C=O) groups excluding carboxylic acids is 1. The average molecular weight is 379 g/mol. The lowest BCUT2D eigenvalue weighted by Crippen LogP contribution is -2.29. The number of aromatic amines is 1. The van der Waals surface area contributed by atoms with Crippen LogP contribution in [0.2, 0.25) is 0 Å². The van der Waals surface area contributed by atoms with E-state index in [4.69, 9.17) is 4.74 Å². The third-order valence-electron chi connectivity index (χ3n) is 5.05. The van der Waals surface area contributed by atoms with E-state index in [9.17, 15) is 4.79 Å². The molecule has 4 rings (SSSR count). The summed E-state index contributed by atoms with van der Waals surface area (Å²) < 4.78 is 5.00. The van der Waals surface area contributed by atoms with Crippen molar-refractivity contribution in [3.8, 4) is 11.3 Å². The van der Waals surface area contributed by atoms with Crippen LogP contribution in [0.5, 0.6) is 0 Å². The van der Waals surface area contributed by atoms with Crippen LogP contribution in [0.25, 0.3) is 11.3 Å². The molecule has 0 fully saturated rings. The fraction of sp³-hybridized carbons (Fsp3) is 0.333. The first kappa shape index (κ1) is 18.5. The third kappa shape index (κ3) is 3.72. The van der Waals surface area contributed by atoms with Gasteiger partial charge in [0, 0.05) is 56.6 Å². The van der Waals surface area contributed by atoms with E-state index in [0.29, 0.717) is 19.6 Å². The SMILES string of the molecule is COCCCNC(=O)Cc1cccc(-c2cc3c([nH]2)N=CC2=CNN(C)C23)c1. The number of hydrazine groups is 1. The Balaban J connectivity index is 1.48. The molecule has 1 unspecified atom stereocenters. The minimum atomic E-state index is 0.0251. The molecule has 1 atom stereocenters. The Bertz CT molecular complexity index is 931. The van der Waals surface area contributed by atoms with E-state index in [1.54, 1.807) is 7.11 Å². The number of aromatic nitrogens is 1. The van der Waals surface area contributed by atoms with E-state index in [0.717, 1.165) is 40.2 Å². The first-order valence-corrected chi connectivity index (χ1v) is 9.46. The van der Waals surface area contributed by atoms with Crippen LogP contribution in [0, 0.1) is 0 Å². The quantitative estimate of drug-likeness (QED) is 0.646. The number of rotatable bonds is 7. The molecule has 0 spiro atoms. The number of hydrogen-bond acceptors (Lipinski definition) is 5. The van der Waals surface area contributed by atoms with E-state index < -0.39 is 0 Å². The van der Waals surface area contributed by atoms with Crippen molar-refractivity contribution in [1.82, 2.24) is 20.7 Å². The minimum Gasteiger partial charge on any atom is -0.385 e. The Hall–Kier alpha value is -2.90. The molecule has 3 N–H and O–H groups in total. The van der Waals surface area contributed by atoms with Gasteiger partial charge in [0.15, 0.2) is 0 Å². The van der Waals surface area contributed by atoms with Gasteiger partial charge in [-0.2, -0.15) is 0 Å². The topological polar surface area (TPSA) is 81.7 Å². The van der Waals surface area contributed by atoms with E-state index in [2.05, 4.69) is 37.9 Å². The summed E-state index contributed by atoms with van der Waals surface area (Å²) in [4.78, 5) is 20.1. The summed E-state index contributed by atoms with van der Waals surface area (Å²) >= 11 is 0. The fourth-order valence-electron chi connectivity index (χ4n) is 3.66. The molecule has 0 radical (unpaired) electrons. The van der Waals surface area contributed by atoms with E-state index in [1.807, 2.05) is 37.7 Å². The highest BCUT2D eigenvalue weighted by Gasteiger charge is 2.31. The molecule has 0 bridgehead atoms. The van der Waals surface area contributed by atoms with Crippen molar-refractivity contribution in [2.45, 2.75) is 18.9 Å². The summed E-state index contributed by atoms with van der Waals surface area (Å²) in [6.45, 7) is 1.28. The molecule has 0 saturated heterocycles. The van der Waals surface area contributed by atoms with Crippen molar-refractivity contribution < 1.29 is 9.53 Å². The number of nitrogens with zero attached hydrogens (tertiary/aromatic N) is 2. The highest BCUT2D eigenvalue weighted by Crippen LogP contribution is 2.40. The second kappa shape index (κ2) is 8.00. The number of amides is 1. The number of H-pyrrole nitrogens is 1. The molecule has 2 aliphatic rings. The van der Waals surface area contributed by atoms with Gasteiger partial charge in [-0.1, -0.05) is 18.2 Å². The minimum absolute atomic E-state index is 0.0251. The molecule has 1 aromatic carbocycles. The van der Waals surface area contributed by atoms with Crippen molar-refractivity contribution >= 4 is 17.9 Å². The van der Waals surface area contributed by atoms with E-state index >= 15 is 0 Å². The maximum absolute atomic E-state index is 12.1. The molecule has 146 valence electrons. The van der Waals surface area contributed by atoms with Crippen LogP contribution in [0.1, 0.15) is 23.6 Å². The summed E-state index contributed by atoms with van der Waals surface area (Å²) in [6.07, 6.45) is 5.06. The highest BCUT2D eigenvalue weighted by molar-refractivity contribution is 5.88. The normalized spacial score (nSPS) is 17.6. The molecule has 0 saturated carbocycles. The molecule has 7 nitrogen and oxygen atoms in total. The van der Waals surface area contributed by atoms with Crippen LogP contribution in [-0.2, 0) is 16.0 Å². The Kier molecular flexibility index (Phi) is 5.27. The molecule has 1 amide bonds. The first-order chi connectivity index (χ1) is 13.7. The second-order valence-corrected chi connectivity index (χ2v) is 7.11. The summed E-state index contributed by atoms with van der Waals surface area (Å²) in [5, 5.41) is 5.00. The molecule has 2 aliphatic heterocycles. The Morgan fingerprint density at radius 3 is 3.11 bits per heavy atom. The third-order valence-corrected chi connectivity index (χ3v) is 5.05. The lowest BCUT2D eigenvalue weighted by Gasteiger charge is -2.23. The summed E-state index contributed by atoms with van der Waals surface area (Å²) in [5.74, 6) is 0.908. The van der Waals surface area contributed by atoms with Gasteiger partial charge in [-0.15, -0.1) is 0 Å². The smallest absolute Gasteiger partial charge is 0.224 e. The summed E-state index contributed by atoms with van der Waals surface area (Å²) in [5.41, 5.74) is 8.56. The van der Waals surface area contributed by atoms with Gasteiger partial charge in [-0.25, -0.2) is 10.0 Å². The number of ether oxygens (including phenoxy) is 1. The zero-order chi connectivity index (χ0) is 19.5. The van der Waals surface area contributed by atoms with Crippen LogP contribution in [-0.4, -0.2) is 49.4 Å². The van der Waals surface area contributed by atoms with E-state index in [-0.39, 0.29) is 11.9 Å². The van der Waals surface area contributed by atoms with Gasteiger partial charge in [-0.3, -0.25) is 4.79 Å². The number of nitrogens with one attached hydrogen (secondary N) is 3. The Morgan fingerprint density at radius 2 is 2.25 bits per heavy atom. The molecule has 1 aromatic heterocycles. The monoisotopic (exact) mass is 379 g/mol. The maximum Gasteiger partial charge on any atom is 0.224 e. The van der Waals surface area contributed by atoms with Gasteiger partial charge in [-0.05, 0) is 29.7 Å². The number of methoxy groups -OCH3 is 1. The van der Waals surface area contributed by atoms with Crippen molar-refractivity contribution in [1.29, 1.82) is 0 Å². The Morgan fingerprint density at radius 1 is 1.36 bits per heavy atom. The predicted octanol–water partition coefficient (Wildman–Crippen LogP) is 2.47. The van der Waals surface area contributed by atoms with Gasteiger partial charge in [0.1, 0.15) is 5.82 Å². The zero-order valence-corrected chi connectivity index (χ0v) is 16.2. The number of aliphatic imine (C=N–C) groups is 1. The van der Waals surface area contributed by atoms with Crippen LogP contribution in [0.15, 0.2) is 47.1 Å². The number of carbonyl (C=O) groups is 1. The zero-order valence-electron chi connectivity index (χ0n) is 16.2. The fourth-order valence-corrected chi connectivity index (χ4v) is 3.66.